The molecule has 0 fully saturated rings. The highest BCUT2D eigenvalue weighted by atomic mass is 32.1. The third-order valence-electron chi connectivity index (χ3n) is 3.38. The van der Waals surface area contributed by atoms with Gasteiger partial charge in [0.05, 0.1) is 6.04 Å². The van der Waals surface area contributed by atoms with E-state index in [1.54, 1.807) is 0 Å². The maximum Gasteiger partial charge on any atom is 0.226 e. The molecule has 1 unspecified atom stereocenters. The number of carbonyl (C=O) groups is 1. The van der Waals surface area contributed by atoms with E-state index < -0.39 is 0 Å². The Bertz CT molecular complexity index is 613. The van der Waals surface area contributed by atoms with Crippen LogP contribution in [0, 0.1) is 0 Å². The second kappa shape index (κ2) is 8.29. The molecule has 0 spiro atoms. The monoisotopic (exact) mass is 312 g/mol. The summed E-state index contributed by atoms with van der Waals surface area (Å²) in [6.45, 7) is 2.01. The van der Waals surface area contributed by atoms with Gasteiger partial charge in [0, 0.05) is 6.42 Å². The van der Waals surface area contributed by atoms with Gasteiger partial charge >= 0.3 is 0 Å². The van der Waals surface area contributed by atoms with Gasteiger partial charge in [0.25, 0.3) is 0 Å². The molecule has 2 aromatic carbocycles. The number of hydrogen-bond acceptors (Lipinski definition) is 2. The van der Waals surface area contributed by atoms with Crippen LogP contribution < -0.4 is 10.6 Å². The highest BCUT2D eigenvalue weighted by Gasteiger charge is 2.09. The number of rotatable bonds is 5. The predicted octanol–water partition coefficient (Wildman–Crippen LogP) is 3.37. The molecule has 2 aromatic rings. The molecule has 0 radical (unpaired) electrons. The molecule has 0 aliphatic carbocycles. The van der Waals surface area contributed by atoms with Gasteiger partial charge in [-0.2, -0.15) is 0 Å². The van der Waals surface area contributed by atoms with E-state index in [4.69, 9.17) is 12.2 Å². The Kier molecular flexibility index (Phi) is 6.10. The molecule has 1 amide bonds. The fourth-order valence-electron chi connectivity index (χ4n) is 2.15. The first-order valence-electron chi connectivity index (χ1n) is 7.34. The smallest absolute Gasteiger partial charge is 0.226 e. The topological polar surface area (TPSA) is 41.1 Å². The maximum absolute atomic E-state index is 11.9. The van der Waals surface area contributed by atoms with E-state index >= 15 is 0 Å². The van der Waals surface area contributed by atoms with Crippen molar-refractivity contribution in [1.82, 2.24) is 10.6 Å². The van der Waals surface area contributed by atoms with Gasteiger partial charge in [-0.15, -0.1) is 0 Å². The molecule has 0 bridgehead atoms. The summed E-state index contributed by atoms with van der Waals surface area (Å²) in [6.07, 6.45) is 1.13. The fourth-order valence-corrected chi connectivity index (χ4v) is 2.44. The van der Waals surface area contributed by atoms with Crippen molar-refractivity contribution in [2.45, 2.75) is 25.8 Å². The minimum Gasteiger partial charge on any atom is -0.356 e. The standard InChI is InChI=1S/C18H20N2OS/c1-14(16-10-6-3-7-11-16)19-18(22)20-17(21)13-12-15-8-4-2-5-9-15/h2-11,14H,12-13H2,1H3,(H2,19,20,21,22). The Morgan fingerprint density at radius 1 is 1.05 bits per heavy atom. The summed E-state index contributed by atoms with van der Waals surface area (Å²) in [4.78, 5) is 11.9. The quantitative estimate of drug-likeness (QED) is 0.832. The van der Waals surface area contributed by atoms with E-state index in [1.807, 2.05) is 67.6 Å². The summed E-state index contributed by atoms with van der Waals surface area (Å²) < 4.78 is 0. The zero-order valence-corrected chi connectivity index (χ0v) is 13.4. The molecular weight excluding hydrogens is 292 g/mol. The number of nitrogens with one attached hydrogen (secondary N) is 2. The van der Waals surface area contributed by atoms with E-state index in [-0.39, 0.29) is 11.9 Å². The van der Waals surface area contributed by atoms with Crippen LogP contribution in [0.2, 0.25) is 0 Å². The average molecular weight is 312 g/mol. The molecule has 3 nitrogen and oxygen atoms in total. The minimum atomic E-state index is -0.0679. The van der Waals surface area contributed by atoms with E-state index in [0.717, 1.165) is 11.1 Å². The Morgan fingerprint density at radius 2 is 1.64 bits per heavy atom. The highest BCUT2D eigenvalue weighted by Crippen LogP contribution is 2.10. The van der Waals surface area contributed by atoms with E-state index in [9.17, 15) is 4.79 Å². The molecule has 0 saturated carbocycles. The van der Waals surface area contributed by atoms with Crippen LogP contribution in [0.5, 0.6) is 0 Å². The molecule has 0 aliphatic heterocycles. The maximum atomic E-state index is 11.9. The Balaban J connectivity index is 1.75. The van der Waals surface area contributed by atoms with Crippen LogP contribution in [0.25, 0.3) is 0 Å². The van der Waals surface area contributed by atoms with Crippen LogP contribution in [0.15, 0.2) is 60.7 Å². The van der Waals surface area contributed by atoms with Crippen molar-refractivity contribution in [3.05, 3.63) is 71.8 Å². The van der Waals surface area contributed by atoms with Crippen LogP contribution >= 0.6 is 12.2 Å². The van der Waals surface area contributed by atoms with Crippen LogP contribution in [-0.2, 0) is 11.2 Å². The van der Waals surface area contributed by atoms with Crippen molar-refractivity contribution >= 4 is 23.2 Å². The second-order valence-corrected chi connectivity index (χ2v) is 5.55. The Labute approximate surface area is 136 Å². The van der Waals surface area contributed by atoms with Crippen molar-refractivity contribution in [1.29, 1.82) is 0 Å². The zero-order chi connectivity index (χ0) is 15.8. The lowest BCUT2D eigenvalue weighted by Gasteiger charge is -2.16. The predicted molar refractivity (Wildman–Crippen MR) is 93.5 cm³/mol. The first-order chi connectivity index (χ1) is 10.6. The van der Waals surface area contributed by atoms with Gasteiger partial charge in [-0.3, -0.25) is 4.79 Å². The molecule has 0 heterocycles. The van der Waals surface area contributed by atoms with Crippen LogP contribution in [-0.4, -0.2) is 11.0 Å². The van der Waals surface area contributed by atoms with Crippen molar-refractivity contribution in [3.63, 3.8) is 0 Å². The van der Waals surface area contributed by atoms with Gasteiger partial charge in [-0.1, -0.05) is 60.7 Å². The molecule has 114 valence electrons. The first-order valence-corrected chi connectivity index (χ1v) is 7.75. The number of aryl methyl sites for hydroxylation is 1. The third-order valence-corrected chi connectivity index (χ3v) is 3.60. The largest absolute Gasteiger partial charge is 0.356 e. The van der Waals surface area contributed by atoms with Crippen molar-refractivity contribution < 1.29 is 4.79 Å². The number of amides is 1. The lowest BCUT2D eigenvalue weighted by Crippen LogP contribution is -2.40. The van der Waals surface area contributed by atoms with Gasteiger partial charge in [0.2, 0.25) is 5.91 Å². The summed E-state index contributed by atoms with van der Waals surface area (Å²) in [6, 6.07) is 20.0. The molecule has 2 N–H and O–H groups in total. The number of hydrogen-bond donors (Lipinski definition) is 2. The van der Waals surface area contributed by atoms with Crippen molar-refractivity contribution in [3.8, 4) is 0 Å². The molecule has 0 aliphatic rings. The minimum absolute atomic E-state index is 0.0584. The number of thiocarbonyl (C=S) groups is 1. The van der Waals surface area contributed by atoms with Gasteiger partial charge in [-0.25, -0.2) is 0 Å². The second-order valence-electron chi connectivity index (χ2n) is 5.14. The summed E-state index contributed by atoms with van der Waals surface area (Å²) in [5.41, 5.74) is 2.28. The molecule has 4 heteroatoms. The average Bonchev–Trinajstić information content (AvgIpc) is 2.54. The first kappa shape index (κ1) is 16.2. The summed E-state index contributed by atoms with van der Waals surface area (Å²) >= 11 is 5.19. The van der Waals surface area contributed by atoms with Crippen molar-refractivity contribution in [2.75, 3.05) is 0 Å². The third kappa shape index (κ3) is 5.30. The van der Waals surface area contributed by atoms with Gasteiger partial charge in [0.1, 0.15) is 0 Å². The molecule has 0 aromatic heterocycles. The number of benzene rings is 2. The van der Waals surface area contributed by atoms with Crippen LogP contribution in [0.4, 0.5) is 0 Å². The van der Waals surface area contributed by atoms with Crippen LogP contribution in [0.1, 0.15) is 30.5 Å². The summed E-state index contributed by atoms with van der Waals surface area (Å²) in [5.74, 6) is -0.0679. The lowest BCUT2D eigenvalue weighted by molar-refractivity contribution is -0.119. The van der Waals surface area contributed by atoms with E-state index in [0.29, 0.717) is 18.0 Å². The van der Waals surface area contributed by atoms with Gasteiger partial charge in [0.15, 0.2) is 5.11 Å². The number of carbonyl (C=O) groups excluding carboxylic acids is 1. The van der Waals surface area contributed by atoms with Gasteiger partial charge < -0.3 is 10.6 Å². The fraction of sp³-hybridized carbons (Fsp3) is 0.222. The SMILES string of the molecule is CC(NC(=S)NC(=O)CCc1ccccc1)c1ccccc1. The molecule has 1 atom stereocenters. The summed E-state index contributed by atoms with van der Waals surface area (Å²) in [7, 11) is 0. The molecular formula is C18H20N2OS. The zero-order valence-electron chi connectivity index (χ0n) is 12.6. The van der Waals surface area contributed by atoms with E-state index in [1.165, 1.54) is 0 Å². The Morgan fingerprint density at radius 3 is 2.27 bits per heavy atom. The van der Waals surface area contributed by atoms with Crippen LogP contribution in [0.3, 0.4) is 0 Å². The van der Waals surface area contributed by atoms with Gasteiger partial charge in [-0.05, 0) is 36.7 Å². The van der Waals surface area contributed by atoms with E-state index in [2.05, 4.69) is 10.6 Å². The summed E-state index contributed by atoms with van der Waals surface area (Å²) in [5, 5.41) is 6.23. The highest BCUT2D eigenvalue weighted by molar-refractivity contribution is 7.80. The van der Waals surface area contributed by atoms with Crippen molar-refractivity contribution in [2.24, 2.45) is 0 Å². The molecule has 0 saturated heterocycles. The Hall–Kier alpha value is -2.20. The molecule has 22 heavy (non-hydrogen) atoms. The molecule has 2 rings (SSSR count). The lowest BCUT2D eigenvalue weighted by atomic mass is 10.1. The normalized spacial score (nSPS) is 11.5.